The van der Waals surface area contributed by atoms with Gasteiger partial charge in [-0.3, -0.25) is 0 Å². The van der Waals surface area contributed by atoms with E-state index in [0.717, 1.165) is 26.4 Å². The highest BCUT2D eigenvalue weighted by Gasteiger charge is 2.35. The average Bonchev–Trinajstić information content (AvgIpc) is 2.15. The number of sulfonamides is 1. The minimum Gasteiger partial charge on any atom is -0.313 e. The van der Waals surface area contributed by atoms with Crippen molar-refractivity contribution in [3.63, 3.8) is 0 Å². The summed E-state index contributed by atoms with van der Waals surface area (Å²) in [6.07, 6.45) is -1.91. The molecule has 102 valence electrons. The predicted octanol–water partition coefficient (Wildman–Crippen LogP) is 0.952. The molecule has 0 aromatic rings. The summed E-state index contributed by atoms with van der Waals surface area (Å²) in [7, 11) is -2.88. The highest BCUT2D eigenvalue weighted by molar-refractivity contribution is 7.89. The third-order valence-corrected chi connectivity index (χ3v) is 4.60. The van der Waals surface area contributed by atoms with Gasteiger partial charge in [0.15, 0.2) is 0 Å². The van der Waals surface area contributed by atoms with Gasteiger partial charge in [0.1, 0.15) is 6.54 Å². The standard InChI is InChI=1S/C9H17F3N2O2S/c1-14(7-9(10,11)12)17(15,16)6-8-4-2-3-5-13-8/h8,13H,2-7H2,1H3. The number of hydrogen-bond acceptors (Lipinski definition) is 3. The summed E-state index contributed by atoms with van der Waals surface area (Å²) in [5, 5.41) is 3.01. The molecule has 0 amide bonds. The fourth-order valence-electron chi connectivity index (χ4n) is 1.80. The van der Waals surface area contributed by atoms with Crippen molar-refractivity contribution >= 4 is 10.0 Å². The van der Waals surface area contributed by atoms with Gasteiger partial charge in [-0.1, -0.05) is 6.42 Å². The molecule has 1 rings (SSSR count). The van der Waals surface area contributed by atoms with Crippen molar-refractivity contribution < 1.29 is 21.6 Å². The van der Waals surface area contributed by atoms with Crippen LogP contribution in [0.15, 0.2) is 0 Å². The van der Waals surface area contributed by atoms with Crippen molar-refractivity contribution in [3.8, 4) is 0 Å². The van der Waals surface area contributed by atoms with Crippen molar-refractivity contribution in [1.29, 1.82) is 0 Å². The SMILES string of the molecule is CN(CC(F)(F)F)S(=O)(=O)CC1CCCCN1. The molecular weight excluding hydrogens is 257 g/mol. The van der Waals surface area contributed by atoms with Crippen molar-refractivity contribution in [1.82, 2.24) is 9.62 Å². The van der Waals surface area contributed by atoms with Gasteiger partial charge in [-0.15, -0.1) is 0 Å². The van der Waals surface area contributed by atoms with E-state index in [9.17, 15) is 21.6 Å². The van der Waals surface area contributed by atoms with E-state index in [1.165, 1.54) is 0 Å². The number of piperidine rings is 1. The third kappa shape index (κ3) is 5.22. The zero-order valence-corrected chi connectivity index (χ0v) is 10.4. The van der Waals surface area contributed by atoms with Gasteiger partial charge in [0.25, 0.3) is 0 Å². The number of rotatable bonds is 4. The van der Waals surface area contributed by atoms with Crippen LogP contribution in [-0.2, 0) is 10.0 Å². The lowest BCUT2D eigenvalue weighted by atomic mass is 10.1. The molecule has 0 bridgehead atoms. The van der Waals surface area contributed by atoms with Crippen LogP contribution in [0.25, 0.3) is 0 Å². The Kier molecular flexibility index (Phi) is 4.79. The number of nitrogens with one attached hydrogen (secondary N) is 1. The summed E-state index contributed by atoms with van der Waals surface area (Å²) in [6.45, 7) is -0.703. The monoisotopic (exact) mass is 274 g/mol. The van der Waals surface area contributed by atoms with Crippen molar-refractivity contribution in [2.75, 3.05) is 25.9 Å². The second-order valence-corrected chi connectivity index (χ2v) is 6.42. The highest BCUT2D eigenvalue weighted by atomic mass is 32.2. The van der Waals surface area contributed by atoms with Crippen LogP contribution >= 0.6 is 0 Å². The maximum atomic E-state index is 12.1. The normalized spacial score (nSPS) is 23.0. The first-order valence-corrected chi connectivity index (χ1v) is 7.06. The molecule has 1 aliphatic rings. The molecule has 8 heteroatoms. The summed E-state index contributed by atoms with van der Waals surface area (Å²) >= 11 is 0. The van der Waals surface area contributed by atoms with Crippen LogP contribution in [0, 0.1) is 0 Å². The number of halogens is 3. The summed E-state index contributed by atoms with van der Waals surface area (Å²) in [4.78, 5) is 0. The molecular formula is C9H17F3N2O2S. The molecule has 0 radical (unpaired) electrons. The Hall–Kier alpha value is -0.340. The quantitative estimate of drug-likeness (QED) is 0.830. The van der Waals surface area contributed by atoms with Crippen LogP contribution in [0.3, 0.4) is 0 Å². The van der Waals surface area contributed by atoms with Crippen LogP contribution in [0.1, 0.15) is 19.3 Å². The Morgan fingerprint density at radius 2 is 2.00 bits per heavy atom. The minimum atomic E-state index is -4.50. The van der Waals surface area contributed by atoms with E-state index in [4.69, 9.17) is 0 Å². The van der Waals surface area contributed by atoms with Gasteiger partial charge in [0.05, 0.1) is 5.75 Å². The van der Waals surface area contributed by atoms with Gasteiger partial charge in [-0.2, -0.15) is 17.5 Å². The fourth-order valence-corrected chi connectivity index (χ4v) is 3.19. The molecule has 4 nitrogen and oxygen atoms in total. The number of alkyl halides is 3. The van der Waals surface area contributed by atoms with E-state index in [-0.39, 0.29) is 11.8 Å². The molecule has 0 aromatic heterocycles. The molecule has 0 aliphatic carbocycles. The van der Waals surface area contributed by atoms with Gasteiger partial charge in [-0.25, -0.2) is 8.42 Å². The second kappa shape index (κ2) is 5.53. The van der Waals surface area contributed by atoms with Gasteiger partial charge in [-0.05, 0) is 19.4 Å². The van der Waals surface area contributed by atoms with E-state index >= 15 is 0 Å². The first kappa shape index (κ1) is 14.7. The van der Waals surface area contributed by atoms with E-state index in [1.54, 1.807) is 0 Å². The van der Waals surface area contributed by atoms with Gasteiger partial charge < -0.3 is 5.32 Å². The Labute approximate surface area is 99.2 Å². The van der Waals surface area contributed by atoms with Crippen molar-refractivity contribution in [2.45, 2.75) is 31.5 Å². The van der Waals surface area contributed by atoms with E-state index < -0.39 is 22.7 Å². The van der Waals surface area contributed by atoms with Crippen molar-refractivity contribution in [3.05, 3.63) is 0 Å². The molecule has 1 heterocycles. The lowest BCUT2D eigenvalue weighted by molar-refractivity contribution is -0.134. The minimum absolute atomic E-state index is 0.232. The molecule has 0 aromatic carbocycles. The highest BCUT2D eigenvalue weighted by Crippen LogP contribution is 2.18. The summed E-state index contributed by atoms with van der Waals surface area (Å²) < 4.78 is 60.0. The molecule has 1 fully saturated rings. The number of nitrogens with zero attached hydrogens (tertiary/aromatic N) is 1. The van der Waals surface area contributed by atoms with Crippen molar-refractivity contribution in [2.24, 2.45) is 0 Å². The predicted molar refractivity (Wildman–Crippen MR) is 58.1 cm³/mol. The first-order chi connectivity index (χ1) is 7.71. The molecule has 17 heavy (non-hydrogen) atoms. The molecule has 1 saturated heterocycles. The summed E-state index contributed by atoms with van der Waals surface area (Å²) in [5.41, 5.74) is 0. The molecule has 1 N–H and O–H groups in total. The molecule has 1 atom stereocenters. The molecule has 0 spiro atoms. The number of hydrogen-bond donors (Lipinski definition) is 1. The van der Waals surface area contributed by atoms with Crippen LogP contribution in [0.2, 0.25) is 0 Å². The second-order valence-electron chi connectivity index (χ2n) is 4.30. The van der Waals surface area contributed by atoms with E-state index in [0.29, 0.717) is 10.7 Å². The lowest BCUT2D eigenvalue weighted by Gasteiger charge is -2.26. The van der Waals surface area contributed by atoms with Crippen LogP contribution in [-0.4, -0.2) is 50.8 Å². The molecule has 1 unspecified atom stereocenters. The van der Waals surface area contributed by atoms with Gasteiger partial charge in [0.2, 0.25) is 10.0 Å². The first-order valence-electron chi connectivity index (χ1n) is 5.45. The van der Waals surface area contributed by atoms with Crippen LogP contribution in [0.5, 0.6) is 0 Å². The summed E-state index contributed by atoms with van der Waals surface area (Å²) in [6, 6.07) is -0.232. The largest absolute Gasteiger partial charge is 0.402 e. The Balaban J connectivity index is 2.54. The van der Waals surface area contributed by atoms with E-state index in [2.05, 4.69) is 5.32 Å². The zero-order valence-electron chi connectivity index (χ0n) is 9.63. The van der Waals surface area contributed by atoms with Crippen LogP contribution in [0.4, 0.5) is 13.2 Å². The topological polar surface area (TPSA) is 49.4 Å². The van der Waals surface area contributed by atoms with Crippen LogP contribution < -0.4 is 5.32 Å². The molecule has 1 aliphatic heterocycles. The zero-order chi connectivity index (χ0) is 13.1. The Morgan fingerprint density at radius 1 is 1.35 bits per heavy atom. The average molecular weight is 274 g/mol. The Morgan fingerprint density at radius 3 is 2.47 bits per heavy atom. The fraction of sp³-hybridized carbons (Fsp3) is 1.00. The van der Waals surface area contributed by atoms with Gasteiger partial charge >= 0.3 is 6.18 Å². The lowest BCUT2D eigenvalue weighted by Crippen LogP contribution is -2.45. The third-order valence-electron chi connectivity index (χ3n) is 2.70. The maximum Gasteiger partial charge on any atom is 0.402 e. The smallest absolute Gasteiger partial charge is 0.313 e. The Bertz CT molecular complexity index is 337. The van der Waals surface area contributed by atoms with Gasteiger partial charge in [0, 0.05) is 13.1 Å². The summed E-state index contributed by atoms with van der Waals surface area (Å²) in [5.74, 6) is -0.264. The molecule has 0 saturated carbocycles. The van der Waals surface area contributed by atoms with E-state index in [1.807, 2.05) is 0 Å². The maximum absolute atomic E-state index is 12.1.